The molecule has 0 saturated carbocycles. The van der Waals surface area contributed by atoms with Gasteiger partial charge in [0.05, 0.1) is 15.4 Å². The number of nitro groups is 1. The smallest absolute Gasteiger partial charge is 0.270 e. The Hall–Kier alpha value is -3.31. The number of aromatic amines is 1. The summed E-state index contributed by atoms with van der Waals surface area (Å²) in [5.74, 6) is -0.792. The zero-order chi connectivity index (χ0) is 22.2. The van der Waals surface area contributed by atoms with Crippen LogP contribution in [0.15, 0.2) is 53.6 Å². The summed E-state index contributed by atoms with van der Waals surface area (Å²) in [6.07, 6.45) is 2.35. The van der Waals surface area contributed by atoms with Crippen molar-refractivity contribution in [1.82, 2.24) is 14.6 Å². The van der Waals surface area contributed by atoms with Gasteiger partial charge in [0.15, 0.2) is 0 Å². The molecule has 0 bridgehead atoms. The number of rotatable bonds is 5. The van der Waals surface area contributed by atoms with Crippen LogP contribution < -0.4 is 4.72 Å². The number of carbonyl (C=O) groups is 1. The predicted octanol–water partition coefficient (Wildman–Crippen LogP) is 2.80. The zero-order valence-electron chi connectivity index (χ0n) is 16.2. The summed E-state index contributed by atoms with van der Waals surface area (Å²) in [5.41, 5.74) is 0.856. The molecule has 0 atom stereocenters. The van der Waals surface area contributed by atoms with E-state index in [1.165, 1.54) is 30.5 Å². The predicted molar refractivity (Wildman–Crippen MR) is 111 cm³/mol. The van der Waals surface area contributed by atoms with Crippen LogP contribution in [-0.2, 0) is 10.0 Å². The maximum Gasteiger partial charge on any atom is 0.270 e. The average Bonchev–Trinajstić information content (AvgIpc) is 3.17. The number of nitrogens with zero attached hydrogens (tertiary/aromatic N) is 2. The van der Waals surface area contributed by atoms with Crippen LogP contribution in [0.4, 0.5) is 10.1 Å². The van der Waals surface area contributed by atoms with Crippen molar-refractivity contribution in [3.05, 3.63) is 70.2 Å². The Kier molecular flexibility index (Phi) is 5.46. The third kappa shape index (κ3) is 4.28. The van der Waals surface area contributed by atoms with E-state index in [-0.39, 0.29) is 22.5 Å². The highest BCUT2D eigenvalue weighted by Crippen LogP contribution is 2.26. The van der Waals surface area contributed by atoms with E-state index < -0.39 is 20.8 Å². The first-order valence-electron chi connectivity index (χ1n) is 9.57. The van der Waals surface area contributed by atoms with Gasteiger partial charge >= 0.3 is 0 Å². The lowest BCUT2D eigenvalue weighted by Crippen LogP contribution is -2.46. The highest BCUT2D eigenvalue weighted by atomic mass is 32.2. The molecule has 3 aromatic rings. The minimum absolute atomic E-state index is 0.0206. The van der Waals surface area contributed by atoms with Gasteiger partial charge in [0, 0.05) is 48.4 Å². The van der Waals surface area contributed by atoms with E-state index in [0.29, 0.717) is 42.4 Å². The van der Waals surface area contributed by atoms with Crippen LogP contribution in [0.3, 0.4) is 0 Å². The number of hydrogen-bond acceptors (Lipinski definition) is 5. The van der Waals surface area contributed by atoms with Gasteiger partial charge in [-0.25, -0.2) is 17.5 Å². The molecule has 11 heteroatoms. The first-order valence-corrected chi connectivity index (χ1v) is 11.1. The molecule has 0 unspecified atom stereocenters. The fourth-order valence-electron chi connectivity index (χ4n) is 3.67. The van der Waals surface area contributed by atoms with Gasteiger partial charge in [-0.3, -0.25) is 14.9 Å². The Morgan fingerprint density at radius 2 is 1.84 bits per heavy atom. The minimum atomic E-state index is -3.79. The molecule has 1 fully saturated rings. The third-order valence-electron chi connectivity index (χ3n) is 5.33. The summed E-state index contributed by atoms with van der Waals surface area (Å²) in [7, 11) is -3.79. The number of aromatic nitrogens is 1. The second-order valence-corrected chi connectivity index (χ2v) is 9.05. The molecule has 0 aliphatic carbocycles. The lowest BCUT2D eigenvalue weighted by atomic mass is 10.0. The number of nitrogens with one attached hydrogen (secondary N) is 2. The number of fused-ring (bicyclic) bond motifs is 1. The van der Waals surface area contributed by atoms with Gasteiger partial charge in [0.25, 0.3) is 11.6 Å². The number of benzene rings is 2. The topological polar surface area (TPSA) is 125 Å². The Morgan fingerprint density at radius 1 is 1.16 bits per heavy atom. The molecule has 9 nitrogen and oxygen atoms in total. The number of carbonyl (C=O) groups excluding carboxylic acids is 1. The summed E-state index contributed by atoms with van der Waals surface area (Å²) in [5, 5.41) is 11.5. The molecular formula is C20H19FN4O5S. The maximum atomic E-state index is 13.0. The number of H-pyrrole nitrogens is 1. The summed E-state index contributed by atoms with van der Waals surface area (Å²) in [4.78, 5) is 28.0. The molecule has 31 heavy (non-hydrogen) atoms. The van der Waals surface area contributed by atoms with Crippen LogP contribution >= 0.6 is 0 Å². The lowest BCUT2D eigenvalue weighted by Gasteiger charge is -2.32. The molecule has 162 valence electrons. The number of hydrogen-bond donors (Lipinski definition) is 2. The van der Waals surface area contributed by atoms with Crippen molar-refractivity contribution in [2.24, 2.45) is 0 Å². The van der Waals surface area contributed by atoms with Gasteiger partial charge in [-0.05, 0) is 43.2 Å². The Bertz CT molecular complexity index is 1250. The minimum Gasteiger partial charge on any atom is -0.360 e. The highest BCUT2D eigenvalue weighted by molar-refractivity contribution is 7.89. The molecule has 1 aliphatic heterocycles. The van der Waals surface area contributed by atoms with E-state index in [0.717, 1.165) is 12.1 Å². The molecule has 2 heterocycles. The van der Waals surface area contributed by atoms with Crippen LogP contribution in [0.25, 0.3) is 10.9 Å². The van der Waals surface area contributed by atoms with E-state index in [2.05, 4.69) is 9.71 Å². The van der Waals surface area contributed by atoms with Gasteiger partial charge in [-0.2, -0.15) is 0 Å². The van der Waals surface area contributed by atoms with E-state index in [1.54, 1.807) is 11.0 Å². The number of amides is 1. The molecule has 2 aromatic carbocycles. The second-order valence-electron chi connectivity index (χ2n) is 7.33. The number of piperidine rings is 1. The molecule has 1 aromatic heterocycles. The van der Waals surface area contributed by atoms with Gasteiger partial charge in [0.1, 0.15) is 5.82 Å². The number of non-ortho nitro benzene ring substituents is 1. The van der Waals surface area contributed by atoms with Crippen LogP contribution in [-0.4, -0.2) is 48.3 Å². The van der Waals surface area contributed by atoms with Gasteiger partial charge in [0.2, 0.25) is 10.0 Å². The second kappa shape index (κ2) is 8.08. The molecule has 0 spiro atoms. The van der Waals surface area contributed by atoms with Crippen molar-refractivity contribution in [3.63, 3.8) is 0 Å². The standard InChI is InChI=1S/C20H19FN4O5S/c21-13-1-4-16(5-2-13)31(29,30)23-14-7-9-24(10-8-14)20(26)18-12-22-19-6-3-15(25(27)28)11-17(18)19/h1-6,11-12,14,22-23H,7-10H2. The van der Waals surface area contributed by atoms with Crippen molar-refractivity contribution >= 4 is 32.5 Å². The van der Waals surface area contributed by atoms with Crippen LogP contribution in [0.2, 0.25) is 0 Å². The lowest BCUT2D eigenvalue weighted by molar-refractivity contribution is -0.384. The van der Waals surface area contributed by atoms with Crippen molar-refractivity contribution in [2.45, 2.75) is 23.8 Å². The average molecular weight is 446 g/mol. The van der Waals surface area contributed by atoms with Crippen molar-refractivity contribution < 1.29 is 22.5 Å². The number of sulfonamides is 1. The quantitative estimate of drug-likeness (QED) is 0.460. The monoisotopic (exact) mass is 446 g/mol. The normalized spacial score (nSPS) is 15.3. The van der Waals surface area contributed by atoms with Crippen molar-refractivity contribution in [2.75, 3.05) is 13.1 Å². The van der Waals surface area contributed by atoms with E-state index in [9.17, 15) is 27.7 Å². The van der Waals surface area contributed by atoms with Crippen LogP contribution in [0.1, 0.15) is 23.2 Å². The Balaban J connectivity index is 1.43. The van der Waals surface area contributed by atoms with Gasteiger partial charge < -0.3 is 9.88 Å². The van der Waals surface area contributed by atoms with Gasteiger partial charge in [-0.15, -0.1) is 0 Å². The van der Waals surface area contributed by atoms with Crippen molar-refractivity contribution in [1.29, 1.82) is 0 Å². The summed E-state index contributed by atoms with van der Waals surface area (Å²) < 4.78 is 40.6. The molecular weight excluding hydrogens is 427 g/mol. The number of nitro benzene ring substituents is 1. The summed E-state index contributed by atoms with van der Waals surface area (Å²) in [6.45, 7) is 0.661. The molecule has 4 rings (SSSR count). The number of likely N-dealkylation sites (tertiary alicyclic amines) is 1. The fourth-order valence-corrected chi connectivity index (χ4v) is 4.98. The first-order chi connectivity index (χ1) is 14.7. The Morgan fingerprint density at radius 3 is 2.48 bits per heavy atom. The van der Waals surface area contributed by atoms with Gasteiger partial charge in [-0.1, -0.05) is 0 Å². The fraction of sp³-hybridized carbons (Fsp3) is 0.250. The first kappa shape index (κ1) is 20.9. The molecule has 1 amide bonds. The van der Waals surface area contributed by atoms with Crippen LogP contribution in [0, 0.1) is 15.9 Å². The third-order valence-corrected chi connectivity index (χ3v) is 6.87. The van der Waals surface area contributed by atoms with E-state index in [4.69, 9.17) is 0 Å². The maximum absolute atomic E-state index is 13.0. The zero-order valence-corrected chi connectivity index (χ0v) is 17.1. The number of halogens is 1. The molecule has 0 radical (unpaired) electrons. The van der Waals surface area contributed by atoms with E-state index >= 15 is 0 Å². The SMILES string of the molecule is O=C(c1c[nH]c2ccc([N+](=O)[O-])cc12)N1CCC(NS(=O)(=O)c2ccc(F)cc2)CC1. The summed E-state index contributed by atoms with van der Waals surface area (Å²) in [6, 6.07) is 8.50. The van der Waals surface area contributed by atoms with E-state index in [1.807, 2.05) is 0 Å². The van der Waals surface area contributed by atoms with Crippen molar-refractivity contribution in [3.8, 4) is 0 Å². The van der Waals surface area contributed by atoms with Crippen LogP contribution in [0.5, 0.6) is 0 Å². The molecule has 1 aliphatic rings. The molecule has 1 saturated heterocycles. The Labute approximate surface area is 177 Å². The largest absolute Gasteiger partial charge is 0.360 e. The molecule has 2 N–H and O–H groups in total. The summed E-state index contributed by atoms with van der Waals surface area (Å²) >= 11 is 0. The highest BCUT2D eigenvalue weighted by Gasteiger charge is 2.28.